The fourth-order valence-corrected chi connectivity index (χ4v) is 1.69. The zero-order chi connectivity index (χ0) is 5.98. The highest BCUT2D eigenvalue weighted by molar-refractivity contribution is 6.18. The molecule has 0 aromatic rings. The van der Waals surface area contributed by atoms with Crippen LogP contribution in [-0.4, -0.2) is 28.1 Å². The van der Waals surface area contributed by atoms with Gasteiger partial charge in [0.15, 0.2) is 0 Å². The Bertz CT molecular complexity index is 68.8. The van der Waals surface area contributed by atoms with Gasteiger partial charge in [0.2, 0.25) is 0 Å². The average molecular weight is 130 g/mol. The average Bonchev–Trinajstić information content (AvgIpc) is 1.64. The van der Waals surface area contributed by atoms with Crippen LogP contribution >= 0.6 is 0 Å². The lowest BCUT2D eigenvalue weighted by Gasteiger charge is -2.25. The summed E-state index contributed by atoms with van der Waals surface area (Å²) in [6.45, 7) is 4.21. The third kappa shape index (κ3) is 1.76. The molecule has 1 aliphatic heterocycles. The molecule has 1 heterocycles. The zero-order valence-electron chi connectivity index (χ0n) is 5.39. The fourth-order valence-electron chi connectivity index (χ4n) is 0.875. The van der Waals surface area contributed by atoms with E-state index >= 15 is 0 Å². The van der Waals surface area contributed by atoms with Crippen LogP contribution in [0.3, 0.4) is 0 Å². The largest absolute Gasteiger partial charge is 0.650 e. The summed E-state index contributed by atoms with van der Waals surface area (Å²) in [4.78, 5) is 0. The first-order chi connectivity index (χ1) is 3.79. The minimum atomic E-state index is -0.586. The van der Waals surface area contributed by atoms with E-state index < -0.39 is 15.9 Å². The summed E-state index contributed by atoms with van der Waals surface area (Å²) in [7, 11) is 0. The van der Waals surface area contributed by atoms with Crippen LogP contribution in [0.15, 0.2) is 0 Å². The van der Waals surface area contributed by atoms with Crippen molar-refractivity contribution in [2.75, 3.05) is 0 Å². The Kier molecular flexibility index (Phi) is 2.33. The smallest absolute Gasteiger partial charge is 0.479 e. The molecule has 1 saturated heterocycles. The van der Waals surface area contributed by atoms with E-state index in [-0.39, 0.29) is 0 Å². The predicted molar refractivity (Wildman–Crippen MR) is 32.9 cm³/mol. The van der Waals surface area contributed by atoms with E-state index in [1.165, 1.54) is 0 Å². The lowest BCUT2D eigenvalue weighted by Crippen LogP contribution is -2.29. The normalized spacial score (nSPS) is 38.8. The van der Waals surface area contributed by atoms with E-state index in [1.54, 1.807) is 0 Å². The molecule has 0 aliphatic carbocycles. The van der Waals surface area contributed by atoms with Gasteiger partial charge in [-0.1, -0.05) is 0 Å². The first-order valence-electron chi connectivity index (χ1n) is 3.02. The van der Waals surface area contributed by atoms with Gasteiger partial charge in [-0.2, -0.15) is 0 Å². The molecule has 1 aliphatic rings. The summed E-state index contributed by atoms with van der Waals surface area (Å²) < 4.78 is 10.5. The summed E-state index contributed by atoms with van der Waals surface area (Å²) in [6, 6.07) is 0. The molecule has 0 bridgehead atoms. The first kappa shape index (κ1) is 6.57. The third-order valence-corrected chi connectivity index (χ3v) is 2.78. The molecule has 0 aromatic carbocycles. The highest BCUT2D eigenvalue weighted by Crippen LogP contribution is 2.09. The van der Waals surface area contributed by atoms with Crippen molar-refractivity contribution in [3.05, 3.63) is 0 Å². The summed E-state index contributed by atoms with van der Waals surface area (Å²) in [6.07, 6.45) is 1.96. The van der Waals surface area contributed by atoms with Crippen LogP contribution in [0.25, 0.3) is 0 Å². The molecule has 2 nitrogen and oxygen atoms in total. The SMILES string of the molecule is CC1CC(C)[O][AlH][O]1. The van der Waals surface area contributed by atoms with Crippen molar-refractivity contribution in [3.63, 3.8) is 0 Å². The van der Waals surface area contributed by atoms with Crippen LogP contribution in [-0.2, 0) is 7.58 Å². The molecule has 0 spiro atoms. The summed E-state index contributed by atoms with van der Waals surface area (Å²) in [5.74, 6) is 0. The van der Waals surface area contributed by atoms with Crippen molar-refractivity contribution in [3.8, 4) is 0 Å². The number of hydrogen-bond acceptors (Lipinski definition) is 2. The predicted octanol–water partition coefficient (Wildman–Crippen LogP) is 0.467. The highest BCUT2D eigenvalue weighted by atomic mass is 27.2. The topological polar surface area (TPSA) is 18.5 Å². The molecular weight excluding hydrogens is 119 g/mol. The molecule has 2 atom stereocenters. The Morgan fingerprint density at radius 3 is 2.00 bits per heavy atom. The standard InChI is InChI=1S/C5H10O2.Al.H/c1-4(6)3-5(2)7;;/h4-5H,3H2,1-2H3;;/q-2;+2;. The van der Waals surface area contributed by atoms with E-state index in [0.717, 1.165) is 6.42 Å². The second kappa shape index (κ2) is 2.84. The van der Waals surface area contributed by atoms with Gasteiger partial charge in [0.05, 0.1) is 0 Å². The zero-order valence-corrected chi connectivity index (χ0v) is 6.80. The molecule has 2 unspecified atom stereocenters. The summed E-state index contributed by atoms with van der Waals surface area (Å²) >= 11 is -0.586. The Hall–Kier alpha value is 0.452. The maximum Gasteiger partial charge on any atom is 0.650 e. The van der Waals surface area contributed by atoms with Gasteiger partial charge in [-0.15, -0.1) is 0 Å². The van der Waals surface area contributed by atoms with Crippen LogP contribution in [0.1, 0.15) is 20.3 Å². The molecule has 1 rings (SSSR count). The number of rotatable bonds is 0. The fraction of sp³-hybridized carbons (Fsp3) is 1.00. The van der Waals surface area contributed by atoms with E-state index in [0.29, 0.717) is 12.2 Å². The third-order valence-electron chi connectivity index (χ3n) is 1.37. The monoisotopic (exact) mass is 130 g/mol. The molecule has 0 N–H and O–H groups in total. The van der Waals surface area contributed by atoms with Gasteiger partial charge in [0.25, 0.3) is 0 Å². The van der Waals surface area contributed by atoms with Crippen molar-refractivity contribution >= 4 is 15.9 Å². The van der Waals surface area contributed by atoms with Crippen LogP contribution < -0.4 is 0 Å². The van der Waals surface area contributed by atoms with Gasteiger partial charge < -0.3 is 7.58 Å². The van der Waals surface area contributed by atoms with Gasteiger partial charge in [-0.3, -0.25) is 0 Å². The van der Waals surface area contributed by atoms with Gasteiger partial charge >= 0.3 is 15.9 Å². The van der Waals surface area contributed by atoms with Gasteiger partial charge in [0, 0.05) is 12.2 Å². The molecule has 8 heavy (non-hydrogen) atoms. The molecular formula is C5H11AlO2. The van der Waals surface area contributed by atoms with Crippen LogP contribution in [0.2, 0.25) is 0 Å². The molecule has 0 aromatic heterocycles. The molecule has 0 saturated carbocycles. The molecule has 0 amide bonds. The summed E-state index contributed by atoms with van der Waals surface area (Å²) in [5, 5.41) is 0. The van der Waals surface area contributed by atoms with Crippen molar-refractivity contribution in [1.29, 1.82) is 0 Å². The van der Waals surface area contributed by atoms with E-state index in [9.17, 15) is 0 Å². The highest BCUT2D eigenvalue weighted by Gasteiger charge is 2.17. The minimum Gasteiger partial charge on any atom is -0.479 e. The van der Waals surface area contributed by atoms with Crippen LogP contribution in [0, 0.1) is 0 Å². The Morgan fingerprint density at radius 2 is 1.75 bits per heavy atom. The molecule has 3 heteroatoms. The molecule has 0 radical (unpaired) electrons. The van der Waals surface area contributed by atoms with Crippen LogP contribution in [0.4, 0.5) is 0 Å². The van der Waals surface area contributed by atoms with E-state index in [4.69, 9.17) is 7.58 Å². The van der Waals surface area contributed by atoms with Crippen molar-refractivity contribution in [1.82, 2.24) is 0 Å². The van der Waals surface area contributed by atoms with E-state index in [2.05, 4.69) is 13.8 Å². The molecule has 46 valence electrons. The quantitative estimate of drug-likeness (QED) is 0.444. The Morgan fingerprint density at radius 1 is 1.25 bits per heavy atom. The Labute approximate surface area is 56.6 Å². The number of hydrogen-bond donors (Lipinski definition) is 0. The maximum atomic E-state index is 5.26. The van der Waals surface area contributed by atoms with E-state index in [1.807, 2.05) is 0 Å². The first-order valence-corrected chi connectivity index (χ1v) is 4.17. The lowest BCUT2D eigenvalue weighted by atomic mass is 10.2. The second-order valence-electron chi connectivity index (χ2n) is 2.31. The molecule has 1 fully saturated rings. The van der Waals surface area contributed by atoms with Gasteiger partial charge in [-0.05, 0) is 20.3 Å². The van der Waals surface area contributed by atoms with Crippen molar-refractivity contribution < 1.29 is 7.58 Å². The second-order valence-corrected chi connectivity index (χ2v) is 3.21. The maximum absolute atomic E-state index is 5.26. The summed E-state index contributed by atoms with van der Waals surface area (Å²) in [5.41, 5.74) is 0. The lowest BCUT2D eigenvalue weighted by molar-refractivity contribution is 0.0505. The van der Waals surface area contributed by atoms with Gasteiger partial charge in [-0.25, -0.2) is 0 Å². The van der Waals surface area contributed by atoms with Crippen molar-refractivity contribution in [2.45, 2.75) is 32.5 Å². The Balaban J connectivity index is 2.23. The van der Waals surface area contributed by atoms with Crippen molar-refractivity contribution in [2.24, 2.45) is 0 Å². The van der Waals surface area contributed by atoms with Crippen LogP contribution in [0.5, 0.6) is 0 Å². The minimum absolute atomic E-state index is 0.449. The van der Waals surface area contributed by atoms with Gasteiger partial charge in [0.1, 0.15) is 0 Å².